The van der Waals surface area contributed by atoms with Crippen LogP contribution in [0.1, 0.15) is 6.92 Å². The summed E-state index contributed by atoms with van der Waals surface area (Å²) < 4.78 is 30.0. The van der Waals surface area contributed by atoms with Gasteiger partial charge in [0, 0.05) is 0 Å². The number of carbonyl (C=O) groups excluding carboxylic acids is 1. The molecule has 0 aliphatic rings. The van der Waals surface area contributed by atoms with E-state index in [-0.39, 0.29) is 17.5 Å². The number of carbonyl (C=O) groups is 1. The summed E-state index contributed by atoms with van der Waals surface area (Å²) in [6, 6.07) is 6.96. The molecule has 7 heteroatoms. The third-order valence-corrected chi connectivity index (χ3v) is 4.42. The zero-order chi connectivity index (χ0) is 14.0. The number of sulfone groups is 1. The predicted octanol–water partition coefficient (Wildman–Crippen LogP) is 1.00. The van der Waals surface area contributed by atoms with E-state index >= 15 is 0 Å². The Morgan fingerprint density at radius 2 is 2.05 bits per heavy atom. The molecular weight excluding hydrogens is 268 g/mol. The zero-order valence-corrected chi connectivity index (χ0v) is 11.5. The number of hydrogen-bond donors (Lipinski definition) is 0. The van der Waals surface area contributed by atoms with Crippen molar-refractivity contribution in [1.29, 1.82) is 0 Å². The lowest BCUT2D eigenvalue weighted by atomic mass is 10.3. The minimum absolute atomic E-state index is 0.0719. The van der Waals surface area contributed by atoms with Gasteiger partial charge in [-0.05, 0) is 12.1 Å². The van der Waals surface area contributed by atoms with Gasteiger partial charge in [-0.15, -0.1) is 0 Å². The summed E-state index contributed by atoms with van der Waals surface area (Å²) in [7, 11) is -2.24. The Kier molecular flexibility index (Phi) is 3.57. The second kappa shape index (κ2) is 5.00. The normalized spacial score (nSPS) is 11.7. The number of esters is 1. The van der Waals surface area contributed by atoms with Gasteiger partial charge in [0.25, 0.3) is 0 Å². The summed E-state index contributed by atoms with van der Waals surface area (Å²) >= 11 is 0. The molecule has 0 radical (unpaired) electrons. The lowest BCUT2D eigenvalue weighted by molar-refractivity contribution is -0.141. The fourth-order valence-electron chi connectivity index (χ4n) is 1.77. The van der Waals surface area contributed by atoms with Gasteiger partial charge in [0.15, 0.2) is 0 Å². The molecule has 2 aromatic rings. The Hall–Kier alpha value is -1.89. The van der Waals surface area contributed by atoms with Crippen LogP contribution in [0.25, 0.3) is 11.0 Å². The van der Waals surface area contributed by atoms with Gasteiger partial charge in [0.05, 0.1) is 23.9 Å². The number of fused-ring (bicyclic) bond motifs is 1. The van der Waals surface area contributed by atoms with Crippen molar-refractivity contribution in [3.63, 3.8) is 0 Å². The number of nitrogens with zero attached hydrogens (tertiary/aromatic N) is 2. The minimum atomic E-state index is -3.50. The largest absolute Gasteiger partial charge is 0.468 e. The van der Waals surface area contributed by atoms with E-state index in [1.807, 2.05) is 0 Å². The molecule has 0 aliphatic carbocycles. The maximum absolute atomic E-state index is 12.0. The third-order valence-electron chi connectivity index (χ3n) is 2.79. The summed E-state index contributed by atoms with van der Waals surface area (Å²) in [5, 5.41) is -0.0957. The van der Waals surface area contributed by atoms with Gasteiger partial charge in [-0.25, -0.2) is 13.4 Å². The van der Waals surface area contributed by atoms with Crippen LogP contribution in [0.15, 0.2) is 29.4 Å². The van der Waals surface area contributed by atoms with Crippen LogP contribution in [0, 0.1) is 0 Å². The molecule has 0 atom stereocenters. The smallest absolute Gasteiger partial charge is 0.325 e. The zero-order valence-electron chi connectivity index (χ0n) is 10.7. The van der Waals surface area contributed by atoms with Crippen LogP contribution in [0.2, 0.25) is 0 Å². The number of ether oxygens (including phenoxy) is 1. The van der Waals surface area contributed by atoms with Crippen LogP contribution in [-0.2, 0) is 25.9 Å². The molecule has 0 amide bonds. The van der Waals surface area contributed by atoms with Gasteiger partial charge in [0.2, 0.25) is 15.0 Å². The molecule has 0 aliphatic heterocycles. The first kappa shape index (κ1) is 13.5. The van der Waals surface area contributed by atoms with E-state index in [2.05, 4.69) is 9.72 Å². The first-order chi connectivity index (χ1) is 8.99. The fraction of sp³-hybridized carbons (Fsp3) is 0.333. The van der Waals surface area contributed by atoms with E-state index < -0.39 is 15.8 Å². The first-order valence-corrected chi connectivity index (χ1v) is 7.39. The van der Waals surface area contributed by atoms with Crippen molar-refractivity contribution in [3.8, 4) is 0 Å². The molecule has 6 nitrogen and oxygen atoms in total. The maximum Gasteiger partial charge on any atom is 0.325 e. The van der Waals surface area contributed by atoms with Crippen LogP contribution in [0.3, 0.4) is 0 Å². The first-order valence-electron chi connectivity index (χ1n) is 5.74. The number of para-hydroxylation sites is 2. The number of hydrogen-bond acceptors (Lipinski definition) is 5. The lowest BCUT2D eigenvalue weighted by Gasteiger charge is -2.07. The van der Waals surface area contributed by atoms with Gasteiger partial charge in [0.1, 0.15) is 6.54 Å². The summed E-state index contributed by atoms with van der Waals surface area (Å²) in [6.07, 6.45) is 0. The topological polar surface area (TPSA) is 78.3 Å². The Bertz CT molecular complexity index is 718. The van der Waals surface area contributed by atoms with Crippen molar-refractivity contribution in [2.24, 2.45) is 0 Å². The average Bonchev–Trinajstić information content (AvgIpc) is 2.78. The molecule has 1 heterocycles. The van der Waals surface area contributed by atoms with E-state index in [4.69, 9.17) is 0 Å². The van der Waals surface area contributed by atoms with E-state index in [1.54, 1.807) is 24.3 Å². The molecule has 2 rings (SSSR count). The molecule has 1 aromatic heterocycles. The van der Waals surface area contributed by atoms with Crippen molar-refractivity contribution in [3.05, 3.63) is 24.3 Å². The molecule has 0 spiro atoms. The molecular formula is C12H14N2O4S. The van der Waals surface area contributed by atoms with Crippen LogP contribution in [0.4, 0.5) is 0 Å². The number of imidazole rings is 1. The molecule has 19 heavy (non-hydrogen) atoms. The third kappa shape index (κ3) is 2.46. The van der Waals surface area contributed by atoms with Gasteiger partial charge >= 0.3 is 5.97 Å². The monoisotopic (exact) mass is 282 g/mol. The molecule has 0 N–H and O–H groups in total. The summed E-state index contributed by atoms with van der Waals surface area (Å²) in [5.74, 6) is -0.590. The Morgan fingerprint density at radius 3 is 2.68 bits per heavy atom. The van der Waals surface area contributed by atoms with Crippen molar-refractivity contribution in [1.82, 2.24) is 9.55 Å². The maximum atomic E-state index is 12.0. The highest BCUT2D eigenvalue weighted by Gasteiger charge is 2.23. The van der Waals surface area contributed by atoms with Crippen molar-refractivity contribution < 1.29 is 17.9 Å². The van der Waals surface area contributed by atoms with Crippen molar-refractivity contribution in [2.45, 2.75) is 18.6 Å². The molecule has 0 saturated heterocycles. The van der Waals surface area contributed by atoms with Gasteiger partial charge in [-0.2, -0.15) is 0 Å². The van der Waals surface area contributed by atoms with E-state index in [0.717, 1.165) is 0 Å². The fourth-order valence-corrected chi connectivity index (χ4v) is 2.76. The SMILES string of the molecule is CCS(=O)(=O)c1nc2ccccc2n1CC(=O)OC. The van der Waals surface area contributed by atoms with Crippen molar-refractivity contribution >= 4 is 26.8 Å². The highest BCUT2D eigenvalue weighted by molar-refractivity contribution is 7.91. The lowest BCUT2D eigenvalue weighted by Crippen LogP contribution is -2.18. The Balaban J connectivity index is 2.69. The summed E-state index contributed by atoms with van der Waals surface area (Å²) in [6.45, 7) is 1.36. The molecule has 102 valence electrons. The molecule has 0 unspecified atom stereocenters. The van der Waals surface area contributed by atoms with Crippen LogP contribution >= 0.6 is 0 Å². The quantitative estimate of drug-likeness (QED) is 0.782. The van der Waals surface area contributed by atoms with Gasteiger partial charge in [-0.3, -0.25) is 4.79 Å². The van der Waals surface area contributed by atoms with Gasteiger partial charge in [-0.1, -0.05) is 19.1 Å². The molecule has 0 bridgehead atoms. The van der Waals surface area contributed by atoms with E-state index in [0.29, 0.717) is 11.0 Å². The van der Waals surface area contributed by atoms with Crippen LogP contribution in [-0.4, -0.2) is 36.8 Å². The standard InChI is InChI=1S/C12H14N2O4S/c1-3-19(16,17)12-13-9-6-4-5-7-10(9)14(12)8-11(15)18-2/h4-7H,3,8H2,1-2H3. The second-order valence-corrected chi connectivity index (χ2v) is 6.12. The summed E-state index contributed by atoms with van der Waals surface area (Å²) in [4.78, 5) is 15.5. The van der Waals surface area contributed by atoms with Crippen LogP contribution < -0.4 is 0 Å². The highest BCUT2D eigenvalue weighted by atomic mass is 32.2. The predicted molar refractivity (Wildman–Crippen MR) is 69.5 cm³/mol. The van der Waals surface area contributed by atoms with Crippen molar-refractivity contribution in [2.75, 3.05) is 12.9 Å². The number of methoxy groups -OCH3 is 1. The van der Waals surface area contributed by atoms with Crippen LogP contribution in [0.5, 0.6) is 0 Å². The number of rotatable bonds is 4. The number of benzene rings is 1. The molecule has 0 fully saturated rings. The summed E-state index contributed by atoms with van der Waals surface area (Å²) in [5.41, 5.74) is 1.14. The van der Waals surface area contributed by atoms with E-state index in [9.17, 15) is 13.2 Å². The Morgan fingerprint density at radius 1 is 1.37 bits per heavy atom. The van der Waals surface area contributed by atoms with Gasteiger partial charge < -0.3 is 9.30 Å². The Labute approximate surface area is 110 Å². The second-order valence-electron chi connectivity index (χ2n) is 3.95. The number of aromatic nitrogens is 2. The minimum Gasteiger partial charge on any atom is -0.468 e. The average molecular weight is 282 g/mol. The van der Waals surface area contributed by atoms with E-state index in [1.165, 1.54) is 18.6 Å². The molecule has 0 saturated carbocycles. The highest BCUT2D eigenvalue weighted by Crippen LogP contribution is 2.20. The molecule has 1 aromatic carbocycles.